The molecule has 1 aliphatic rings. The monoisotopic (exact) mass is 262 g/mol. The highest BCUT2D eigenvalue weighted by Crippen LogP contribution is 2.16. The summed E-state index contributed by atoms with van der Waals surface area (Å²) in [7, 11) is 0. The van der Waals surface area contributed by atoms with Crippen molar-refractivity contribution in [2.75, 3.05) is 0 Å². The van der Waals surface area contributed by atoms with E-state index < -0.39 is 5.97 Å². The lowest BCUT2D eigenvalue weighted by atomic mass is 9.95. The van der Waals surface area contributed by atoms with Crippen LogP contribution in [0.15, 0.2) is 24.3 Å². The summed E-state index contributed by atoms with van der Waals surface area (Å²) >= 11 is 0. The standard InChI is InChI=1S/C14H18N2O3/c1-9(6-13(17)18)16-14(19)12-7-10-4-2-3-5-11(10)8-15-12/h2-5,9,12,15H,6-8H2,1H3,(H,16,19)(H,17,18). The third-order valence-electron chi connectivity index (χ3n) is 3.27. The number of fused-ring (bicyclic) bond motifs is 1. The van der Waals surface area contributed by atoms with Gasteiger partial charge in [-0.1, -0.05) is 24.3 Å². The first-order chi connectivity index (χ1) is 9.06. The fourth-order valence-electron chi connectivity index (χ4n) is 2.30. The number of rotatable bonds is 4. The van der Waals surface area contributed by atoms with E-state index in [1.807, 2.05) is 24.3 Å². The van der Waals surface area contributed by atoms with Crippen LogP contribution in [0.3, 0.4) is 0 Å². The average molecular weight is 262 g/mol. The van der Waals surface area contributed by atoms with Crippen LogP contribution in [0.2, 0.25) is 0 Å². The van der Waals surface area contributed by atoms with Crippen LogP contribution in [0.1, 0.15) is 24.5 Å². The van der Waals surface area contributed by atoms with E-state index in [0.717, 1.165) is 0 Å². The first-order valence-corrected chi connectivity index (χ1v) is 6.38. The first-order valence-electron chi connectivity index (χ1n) is 6.38. The molecule has 0 aromatic heterocycles. The van der Waals surface area contributed by atoms with E-state index in [4.69, 9.17) is 5.11 Å². The zero-order valence-electron chi connectivity index (χ0n) is 10.8. The Labute approximate surface area is 112 Å². The molecule has 0 spiro atoms. The predicted molar refractivity (Wildman–Crippen MR) is 70.6 cm³/mol. The number of benzene rings is 1. The molecule has 3 N–H and O–H groups in total. The van der Waals surface area contributed by atoms with E-state index in [2.05, 4.69) is 10.6 Å². The molecular weight excluding hydrogens is 244 g/mol. The molecule has 1 amide bonds. The van der Waals surface area contributed by atoms with Gasteiger partial charge in [-0.05, 0) is 24.5 Å². The molecule has 2 rings (SSSR count). The van der Waals surface area contributed by atoms with E-state index in [9.17, 15) is 9.59 Å². The largest absolute Gasteiger partial charge is 0.481 e. The Bertz CT molecular complexity index is 487. The van der Waals surface area contributed by atoms with Gasteiger partial charge in [0.15, 0.2) is 0 Å². The van der Waals surface area contributed by atoms with Gasteiger partial charge < -0.3 is 15.7 Å². The molecule has 0 fully saturated rings. The van der Waals surface area contributed by atoms with E-state index >= 15 is 0 Å². The van der Waals surface area contributed by atoms with Gasteiger partial charge in [-0.15, -0.1) is 0 Å². The average Bonchev–Trinajstić information content (AvgIpc) is 2.37. The Kier molecular flexibility index (Phi) is 4.16. The van der Waals surface area contributed by atoms with Crippen LogP contribution in [0.4, 0.5) is 0 Å². The molecule has 5 nitrogen and oxygen atoms in total. The molecule has 2 unspecified atom stereocenters. The number of aliphatic carboxylic acids is 1. The van der Waals surface area contributed by atoms with Crippen molar-refractivity contribution in [3.8, 4) is 0 Å². The maximum Gasteiger partial charge on any atom is 0.305 e. The summed E-state index contributed by atoms with van der Waals surface area (Å²) in [6, 6.07) is 7.37. The van der Waals surface area contributed by atoms with Gasteiger partial charge in [0.25, 0.3) is 0 Å². The van der Waals surface area contributed by atoms with E-state index in [-0.39, 0.29) is 24.4 Å². The Morgan fingerprint density at radius 2 is 2.11 bits per heavy atom. The minimum Gasteiger partial charge on any atom is -0.481 e. The van der Waals surface area contributed by atoms with E-state index in [1.54, 1.807) is 6.92 Å². The lowest BCUT2D eigenvalue weighted by molar-refractivity contribution is -0.137. The fourth-order valence-corrected chi connectivity index (χ4v) is 2.30. The third kappa shape index (κ3) is 3.54. The van der Waals surface area contributed by atoms with Crippen LogP contribution in [0.25, 0.3) is 0 Å². The van der Waals surface area contributed by atoms with Gasteiger partial charge >= 0.3 is 5.97 Å². The van der Waals surface area contributed by atoms with Crippen molar-refractivity contribution in [1.82, 2.24) is 10.6 Å². The molecule has 0 saturated heterocycles. The summed E-state index contributed by atoms with van der Waals surface area (Å²) < 4.78 is 0. The summed E-state index contributed by atoms with van der Waals surface area (Å²) in [5.41, 5.74) is 2.39. The summed E-state index contributed by atoms with van der Waals surface area (Å²) in [6.45, 7) is 2.37. The lowest BCUT2D eigenvalue weighted by Crippen LogP contribution is -2.50. The van der Waals surface area contributed by atoms with Gasteiger partial charge in [0.1, 0.15) is 0 Å². The number of carbonyl (C=O) groups is 2. The van der Waals surface area contributed by atoms with Gasteiger partial charge in [-0.2, -0.15) is 0 Å². The lowest BCUT2D eigenvalue weighted by Gasteiger charge is -2.26. The van der Waals surface area contributed by atoms with Crippen molar-refractivity contribution in [1.29, 1.82) is 0 Å². The van der Waals surface area contributed by atoms with Crippen LogP contribution in [0.5, 0.6) is 0 Å². The van der Waals surface area contributed by atoms with Crippen LogP contribution in [0, 0.1) is 0 Å². The number of carboxylic acid groups (broad SMARTS) is 1. The number of amides is 1. The summed E-state index contributed by atoms with van der Waals surface area (Å²) in [5.74, 6) is -1.04. The third-order valence-corrected chi connectivity index (χ3v) is 3.27. The zero-order valence-corrected chi connectivity index (χ0v) is 10.8. The van der Waals surface area contributed by atoms with Crippen molar-refractivity contribution < 1.29 is 14.7 Å². The van der Waals surface area contributed by atoms with E-state index in [1.165, 1.54) is 11.1 Å². The van der Waals surface area contributed by atoms with Crippen molar-refractivity contribution in [3.63, 3.8) is 0 Å². The number of hydrogen-bond donors (Lipinski definition) is 3. The number of hydrogen-bond acceptors (Lipinski definition) is 3. The normalized spacial score (nSPS) is 19.3. The van der Waals surface area contributed by atoms with Crippen LogP contribution < -0.4 is 10.6 Å². The van der Waals surface area contributed by atoms with Gasteiger partial charge in [0, 0.05) is 12.6 Å². The topological polar surface area (TPSA) is 78.4 Å². The number of carboxylic acids is 1. The smallest absolute Gasteiger partial charge is 0.305 e. The summed E-state index contributed by atoms with van der Waals surface area (Å²) in [4.78, 5) is 22.6. The summed E-state index contributed by atoms with van der Waals surface area (Å²) in [6.07, 6.45) is 0.580. The Morgan fingerprint density at radius 3 is 2.79 bits per heavy atom. The molecule has 19 heavy (non-hydrogen) atoms. The Balaban J connectivity index is 1.93. The van der Waals surface area contributed by atoms with Crippen molar-refractivity contribution in [2.45, 2.75) is 38.4 Å². The zero-order chi connectivity index (χ0) is 13.8. The summed E-state index contributed by atoms with van der Waals surface area (Å²) in [5, 5.41) is 14.6. The van der Waals surface area contributed by atoms with Crippen LogP contribution >= 0.6 is 0 Å². The fraction of sp³-hybridized carbons (Fsp3) is 0.429. The minimum atomic E-state index is -0.908. The molecule has 1 heterocycles. The SMILES string of the molecule is CC(CC(=O)O)NC(=O)C1Cc2ccccc2CN1. The van der Waals surface area contributed by atoms with Crippen molar-refractivity contribution in [3.05, 3.63) is 35.4 Å². The molecule has 0 bridgehead atoms. The van der Waals surface area contributed by atoms with Crippen molar-refractivity contribution >= 4 is 11.9 Å². The van der Waals surface area contributed by atoms with Gasteiger partial charge in [-0.25, -0.2) is 0 Å². The molecular formula is C14H18N2O3. The second-order valence-corrected chi connectivity index (χ2v) is 4.91. The number of nitrogens with one attached hydrogen (secondary N) is 2. The van der Waals surface area contributed by atoms with Crippen LogP contribution in [-0.4, -0.2) is 29.1 Å². The van der Waals surface area contributed by atoms with Gasteiger partial charge in [-0.3, -0.25) is 9.59 Å². The molecule has 0 radical (unpaired) electrons. The molecule has 2 atom stereocenters. The highest BCUT2D eigenvalue weighted by atomic mass is 16.4. The Morgan fingerprint density at radius 1 is 1.42 bits per heavy atom. The van der Waals surface area contributed by atoms with Crippen molar-refractivity contribution in [2.24, 2.45) is 0 Å². The highest BCUT2D eigenvalue weighted by Gasteiger charge is 2.25. The quantitative estimate of drug-likeness (QED) is 0.745. The molecule has 102 valence electrons. The second kappa shape index (κ2) is 5.84. The maximum atomic E-state index is 12.0. The molecule has 0 aliphatic carbocycles. The molecule has 1 aliphatic heterocycles. The highest BCUT2D eigenvalue weighted by molar-refractivity contribution is 5.83. The molecule has 1 aromatic carbocycles. The molecule has 0 saturated carbocycles. The molecule has 1 aromatic rings. The van der Waals surface area contributed by atoms with Crippen LogP contribution in [-0.2, 0) is 22.6 Å². The number of carbonyl (C=O) groups excluding carboxylic acids is 1. The maximum absolute atomic E-state index is 12.0. The van der Waals surface area contributed by atoms with E-state index in [0.29, 0.717) is 13.0 Å². The second-order valence-electron chi connectivity index (χ2n) is 4.91. The predicted octanol–water partition coefficient (Wildman–Crippen LogP) is 0.680. The molecule has 5 heteroatoms. The minimum absolute atomic E-state index is 0.0605. The first kappa shape index (κ1) is 13.5. The Hall–Kier alpha value is -1.88. The van der Waals surface area contributed by atoms with Gasteiger partial charge in [0.05, 0.1) is 12.5 Å². The van der Waals surface area contributed by atoms with Gasteiger partial charge in [0.2, 0.25) is 5.91 Å².